The van der Waals surface area contributed by atoms with Crippen molar-refractivity contribution < 1.29 is 4.74 Å². The second kappa shape index (κ2) is 19.1. The molecule has 1 aromatic carbocycles. The molecule has 0 atom stereocenters. The van der Waals surface area contributed by atoms with Gasteiger partial charge in [0.05, 0.1) is 46.4 Å². The van der Waals surface area contributed by atoms with Gasteiger partial charge in [-0.25, -0.2) is 9.97 Å². The van der Waals surface area contributed by atoms with E-state index in [2.05, 4.69) is 132 Å². The van der Waals surface area contributed by atoms with E-state index in [1.54, 1.807) is 25.7 Å². The number of benzene rings is 1. The Kier molecular flexibility index (Phi) is 14.0. The zero-order valence-electron chi connectivity index (χ0n) is 34.6. The maximum Gasteiger partial charge on any atom is 0.131 e. The Morgan fingerprint density at radius 2 is 1.02 bits per heavy atom. The average molecular weight is 747 g/mol. The molecule has 7 heterocycles. The smallest absolute Gasteiger partial charge is 0.131 e. The minimum absolute atomic E-state index is 0.365. The van der Waals surface area contributed by atoms with Gasteiger partial charge in [0.15, 0.2) is 0 Å². The highest BCUT2D eigenvalue weighted by molar-refractivity contribution is 5.85. The van der Waals surface area contributed by atoms with Crippen LogP contribution in [0.15, 0.2) is 104 Å². The molecule has 0 spiro atoms. The summed E-state index contributed by atoms with van der Waals surface area (Å²) in [5, 5.41) is 1.09. The van der Waals surface area contributed by atoms with Gasteiger partial charge in [0, 0.05) is 47.5 Å². The summed E-state index contributed by atoms with van der Waals surface area (Å²) in [6.07, 6.45) is 9.05. The van der Waals surface area contributed by atoms with Gasteiger partial charge in [0.25, 0.3) is 0 Å². The molecule has 288 valence electrons. The molecule has 0 radical (unpaired) electrons. The van der Waals surface area contributed by atoms with Gasteiger partial charge in [-0.2, -0.15) is 0 Å². The molecule has 0 bridgehead atoms. The average Bonchev–Trinajstić information content (AvgIpc) is 3.20. The minimum Gasteiger partial charge on any atom is -0.496 e. The molecule has 0 saturated heterocycles. The van der Waals surface area contributed by atoms with Crippen molar-refractivity contribution in [2.24, 2.45) is 0 Å². The van der Waals surface area contributed by atoms with Crippen molar-refractivity contribution >= 4 is 44.0 Å². The molecule has 0 aliphatic rings. The van der Waals surface area contributed by atoms with E-state index in [-0.39, 0.29) is 0 Å². The molecule has 56 heavy (non-hydrogen) atoms. The molecule has 9 heteroatoms. The van der Waals surface area contributed by atoms with E-state index in [1.807, 2.05) is 62.6 Å². The van der Waals surface area contributed by atoms with Gasteiger partial charge >= 0.3 is 0 Å². The molecule has 0 N–H and O–H groups in total. The number of nitrogens with zero attached hydrogens (tertiary/aromatic N) is 8. The molecule has 0 amide bonds. The number of hydrogen-bond donors (Lipinski definition) is 0. The van der Waals surface area contributed by atoms with E-state index in [0.717, 1.165) is 78.1 Å². The molecule has 7 aromatic heterocycles. The summed E-state index contributed by atoms with van der Waals surface area (Å²) in [6.45, 7) is 21.2. The second-order valence-corrected chi connectivity index (χ2v) is 15.1. The van der Waals surface area contributed by atoms with Crippen molar-refractivity contribution in [3.63, 3.8) is 0 Å². The van der Waals surface area contributed by atoms with Gasteiger partial charge in [-0.1, -0.05) is 61.5 Å². The van der Waals surface area contributed by atoms with Crippen LogP contribution in [0.3, 0.4) is 0 Å². The molecule has 0 aliphatic carbocycles. The predicted molar refractivity (Wildman–Crippen MR) is 231 cm³/mol. The number of pyridine rings is 6. The SMILES string of the molecule is CC(C)c1ncc2ncccc2n1.COc1ccnc2ccc(C(C)C)cc12.Cc1cnc2ccc(C(C)C)nc2c1.Cc1cnc2ccc(C(C)C)nc2c1. The first-order chi connectivity index (χ1) is 26.8. The molecule has 0 fully saturated rings. The van der Waals surface area contributed by atoms with Crippen LogP contribution in [0, 0.1) is 13.8 Å². The van der Waals surface area contributed by atoms with Gasteiger partial charge < -0.3 is 4.74 Å². The first-order valence-electron chi connectivity index (χ1n) is 19.3. The third-order valence-electron chi connectivity index (χ3n) is 9.07. The minimum atomic E-state index is 0.365. The molecule has 9 nitrogen and oxygen atoms in total. The zero-order chi connectivity index (χ0) is 40.4. The summed E-state index contributed by atoms with van der Waals surface area (Å²) >= 11 is 0. The van der Waals surface area contributed by atoms with Crippen molar-refractivity contribution in [2.75, 3.05) is 7.11 Å². The number of methoxy groups -OCH3 is 1. The molecule has 8 aromatic rings. The Morgan fingerprint density at radius 1 is 0.446 bits per heavy atom. The second-order valence-electron chi connectivity index (χ2n) is 15.1. The maximum absolute atomic E-state index is 5.32. The van der Waals surface area contributed by atoms with Crippen LogP contribution in [0.5, 0.6) is 5.75 Å². The van der Waals surface area contributed by atoms with Crippen LogP contribution in [0.1, 0.15) is 113 Å². The zero-order valence-corrected chi connectivity index (χ0v) is 34.6. The van der Waals surface area contributed by atoms with Crippen molar-refractivity contribution in [3.8, 4) is 5.75 Å². The fourth-order valence-corrected chi connectivity index (χ4v) is 5.73. The Morgan fingerprint density at radius 3 is 1.55 bits per heavy atom. The van der Waals surface area contributed by atoms with Crippen LogP contribution in [0.4, 0.5) is 0 Å². The summed E-state index contributed by atoms with van der Waals surface area (Å²) in [4.78, 5) is 34.9. The monoisotopic (exact) mass is 746 g/mol. The number of ether oxygens (including phenoxy) is 1. The lowest BCUT2D eigenvalue weighted by Gasteiger charge is -2.09. The van der Waals surface area contributed by atoms with E-state index in [4.69, 9.17) is 4.74 Å². The first-order valence-corrected chi connectivity index (χ1v) is 19.3. The van der Waals surface area contributed by atoms with E-state index in [1.165, 1.54) is 5.56 Å². The Bertz CT molecular complexity index is 2440. The van der Waals surface area contributed by atoms with Gasteiger partial charge in [0.1, 0.15) is 17.1 Å². The standard InChI is InChI=1S/C13H15NO.2C12H14N2.C10H11N3/c1-9(2)10-4-5-12-11(8-10)13(15-3)6-7-14-12;2*1-8(2)10-4-5-11-12(14-10)6-9(3)7-13-11;1-7(2)10-12-6-9-8(13-10)4-3-5-11-9/h4-9H,1-3H3;2*4-8H,1-3H3;3-7H,1-2H3. The largest absolute Gasteiger partial charge is 0.496 e. The van der Waals surface area contributed by atoms with Crippen LogP contribution >= 0.6 is 0 Å². The Hall–Kier alpha value is -5.96. The van der Waals surface area contributed by atoms with E-state index >= 15 is 0 Å². The fourth-order valence-electron chi connectivity index (χ4n) is 5.73. The molecule has 8 rings (SSSR count). The molecular formula is C47H54N8O. The molecule has 0 saturated carbocycles. The number of aryl methyl sites for hydroxylation is 2. The Balaban J connectivity index is 0.000000143. The topological polar surface area (TPSA) is 112 Å². The lowest BCUT2D eigenvalue weighted by Crippen LogP contribution is -1.97. The highest BCUT2D eigenvalue weighted by Crippen LogP contribution is 2.27. The quantitative estimate of drug-likeness (QED) is 0.170. The summed E-state index contributed by atoms with van der Waals surface area (Å²) in [5.74, 6) is 3.60. The normalized spacial score (nSPS) is 11.1. The summed E-state index contributed by atoms with van der Waals surface area (Å²) in [6, 6.07) is 24.4. The molecule has 0 aliphatic heterocycles. The van der Waals surface area contributed by atoms with Gasteiger partial charge in [-0.3, -0.25) is 29.9 Å². The summed E-state index contributed by atoms with van der Waals surface area (Å²) in [7, 11) is 1.69. The molecular weight excluding hydrogens is 693 g/mol. The van der Waals surface area contributed by atoms with Crippen LogP contribution in [0.25, 0.3) is 44.0 Å². The highest BCUT2D eigenvalue weighted by atomic mass is 16.5. The van der Waals surface area contributed by atoms with Crippen LogP contribution in [-0.4, -0.2) is 47.0 Å². The van der Waals surface area contributed by atoms with Crippen molar-refractivity contribution in [3.05, 3.63) is 138 Å². The Labute approximate surface area is 331 Å². The van der Waals surface area contributed by atoms with Crippen LogP contribution < -0.4 is 4.74 Å². The maximum atomic E-state index is 5.32. The van der Waals surface area contributed by atoms with Gasteiger partial charge in [-0.15, -0.1) is 0 Å². The number of aromatic nitrogens is 8. The predicted octanol–water partition coefficient (Wildman–Crippen LogP) is 11.6. The van der Waals surface area contributed by atoms with Crippen molar-refractivity contribution in [2.45, 2.75) is 92.9 Å². The van der Waals surface area contributed by atoms with Crippen molar-refractivity contribution in [1.82, 2.24) is 39.9 Å². The first kappa shape index (κ1) is 41.2. The third kappa shape index (κ3) is 10.8. The van der Waals surface area contributed by atoms with Gasteiger partial charge in [0.2, 0.25) is 0 Å². The number of rotatable bonds is 5. The van der Waals surface area contributed by atoms with E-state index in [9.17, 15) is 0 Å². The molecule has 0 unspecified atom stereocenters. The summed E-state index contributed by atoms with van der Waals surface area (Å²) in [5.41, 5.74) is 12.6. The van der Waals surface area contributed by atoms with Crippen LogP contribution in [-0.2, 0) is 0 Å². The van der Waals surface area contributed by atoms with Crippen molar-refractivity contribution in [1.29, 1.82) is 0 Å². The van der Waals surface area contributed by atoms with Gasteiger partial charge in [-0.05, 0) is 115 Å². The summed E-state index contributed by atoms with van der Waals surface area (Å²) < 4.78 is 5.32. The lowest BCUT2D eigenvalue weighted by molar-refractivity contribution is 0.419. The highest BCUT2D eigenvalue weighted by Gasteiger charge is 2.07. The number of fused-ring (bicyclic) bond motifs is 4. The van der Waals surface area contributed by atoms with E-state index < -0.39 is 0 Å². The lowest BCUT2D eigenvalue weighted by atomic mass is 10.0. The number of hydrogen-bond acceptors (Lipinski definition) is 9. The third-order valence-corrected chi connectivity index (χ3v) is 9.07. The fraction of sp³-hybridized carbons (Fsp3) is 0.319. The van der Waals surface area contributed by atoms with E-state index in [0.29, 0.717) is 23.7 Å². The van der Waals surface area contributed by atoms with Crippen LogP contribution in [0.2, 0.25) is 0 Å².